The number of phenols is 1. The van der Waals surface area contributed by atoms with E-state index >= 15 is 0 Å². The van der Waals surface area contributed by atoms with E-state index in [1.54, 1.807) is 42.5 Å². The molecule has 2 aliphatic rings. The van der Waals surface area contributed by atoms with Crippen LogP contribution in [0.5, 0.6) is 5.75 Å². The van der Waals surface area contributed by atoms with Gasteiger partial charge in [0.15, 0.2) is 12.6 Å². The Balaban J connectivity index is 1.40. The molecule has 0 unspecified atom stereocenters. The summed E-state index contributed by atoms with van der Waals surface area (Å²) < 4.78 is 22.0. The van der Waals surface area contributed by atoms with Crippen molar-refractivity contribution in [2.75, 3.05) is 44.4 Å². The number of hydrogen-bond donors (Lipinski definition) is 18. The van der Waals surface area contributed by atoms with E-state index in [4.69, 9.17) is 30.4 Å². The minimum Gasteiger partial charge on any atom is -0.508 e. The van der Waals surface area contributed by atoms with Crippen LogP contribution in [0.15, 0.2) is 54.6 Å². The van der Waals surface area contributed by atoms with Gasteiger partial charge in [-0.05, 0) is 29.7 Å². The smallest absolute Gasteiger partial charge is 0.245 e. The first-order valence-corrected chi connectivity index (χ1v) is 23.5. The molecule has 2 saturated heterocycles. The zero-order valence-electron chi connectivity index (χ0n) is 38.3. The largest absolute Gasteiger partial charge is 0.508 e. The average molecular weight is 1060 g/mol. The van der Waals surface area contributed by atoms with E-state index < -0.39 is 172 Å². The molecule has 2 heterocycles. The molecule has 29 heteroatoms. The fraction of sp³-hybridized carbons (Fsp3) is 0.558. The van der Waals surface area contributed by atoms with Crippen molar-refractivity contribution >= 4 is 66.6 Å². The Labute approximate surface area is 422 Å². The van der Waals surface area contributed by atoms with Gasteiger partial charge in [0.2, 0.25) is 41.4 Å². The standard InChI is InChI=1S/C43H62N8O19S2/c44-22(10-20-6-8-21(54)9-7-20)37(62)50-25(17-71)39(64)47-13-30(56)48-23(11-19-4-2-1-3-5-19)40(65)51-26(18-72)41(66)49-24(38(63)46-12-29(45)55)16-67-42-35(61)33(59)36(28(15-53)69-42)70-43-34(60)32(58)31(57)27(14-52)68-43/h1-9,22-28,31-36,42-43,52-54,57-61,71-72H,10-18,44H2,(H2,45,55)(H,46,63)(H,47,64)(H,48,56)(H,49,66)(H,50,62)(H,51,65)/t22-,23-,24-,25+,26+,27+,28+,31-,32-,33+,34+,35+,36+,42+,43-/m0/s1. The Hall–Kier alpha value is -5.25. The monoisotopic (exact) mass is 1060 g/mol. The van der Waals surface area contributed by atoms with Gasteiger partial charge in [0.1, 0.15) is 78.7 Å². The van der Waals surface area contributed by atoms with Crippen LogP contribution in [0.4, 0.5) is 0 Å². The molecule has 4 rings (SSSR count). The van der Waals surface area contributed by atoms with E-state index in [2.05, 4.69) is 57.2 Å². The van der Waals surface area contributed by atoms with Crippen molar-refractivity contribution in [2.45, 2.75) is 104 Å². The predicted octanol–water partition coefficient (Wildman–Crippen LogP) is -8.34. The number of aromatic hydroxyl groups is 1. The van der Waals surface area contributed by atoms with Crippen molar-refractivity contribution in [1.82, 2.24) is 31.9 Å². The summed E-state index contributed by atoms with van der Waals surface area (Å²) in [6, 6.07) is 7.35. The number of aliphatic hydroxyl groups excluding tert-OH is 7. The molecule has 2 aromatic carbocycles. The van der Waals surface area contributed by atoms with Gasteiger partial charge in [-0.1, -0.05) is 42.5 Å². The zero-order valence-corrected chi connectivity index (χ0v) is 40.1. The van der Waals surface area contributed by atoms with Crippen LogP contribution < -0.4 is 43.4 Å². The molecule has 0 aliphatic carbocycles. The lowest BCUT2D eigenvalue weighted by molar-refractivity contribution is -0.359. The number of carbonyl (C=O) groups excluding carboxylic acids is 7. The number of nitrogens with two attached hydrogens (primary N) is 2. The lowest BCUT2D eigenvalue weighted by Gasteiger charge is -2.46. The highest BCUT2D eigenvalue weighted by molar-refractivity contribution is 7.80. The average Bonchev–Trinajstić information content (AvgIpc) is 3.36. The zero-order chi connectivity index (χ0) is 53.2. The third-order valence-electron chi connectivity index (χ3n) is 11.2. The fourth-order valence-electron chi connectivity index (χ4n) is 7.15. The molecule has 2 aliphatic heterocycles. The van der Waals surface area contributed by atoms with Crippen molar-refractivity contribution in [3.8, 4) is 5.75 Å². The van der Waals surface area contributed by atoms with Gasteiger partial charge >= 0.3 is 0 Å². The molecule has 400 valence electrons. The highest BCUT2D eigenvalue weighted by Gasteiger charge is 2.51. The Morgan fingerprint density at radius 2 is 1.12 bits per heavy atom. The second-order valence-electron chi connectivity index (χ2n) is 16.6. The van der Waals surface area contributed by atoms with E-state index in [1.165, 1.54) is 12.1 Å². The fourth-order valence-corrected chi connectivity index (χ4v) is 7.66. The van der Waals surface area contributed by atoms with E-state index in [1.807, 2.05) is 0 Å². The molecular weight excluding hydrogens is 997 g/mol. The Morgan fingerprint density at radius 3 is 1.74 bits per heavy atom. The normalized spacial score (nSPS) is 26.1. The Kier molecular flexibility index (Phi) is 23.8. The summed E-state index contributed by atoms with van der Waals surface area (Å²) in [5.74, 6) is -6.99. The van der Waals surface area contributed by atoms with Gasteiger partial charge in [0, 0.05) is 17.9 Å². The highest BCUT2D eigenvalue weighted by atomic mass is 32.1. The third-order valence-corrected chi connectivity index (χ3v) is 11.9. The molecule has 0 aromatic heterocycles. The molecule has 15 atom stereocenters. The molecule has 27 nitrogen and oxygen atoms in total. The molecule has 2 aromatic rings. The molecule has 18 N–H and O–H groups in total. The van der Waals surface area contributed by atoms with Crippen LogP contribution in [0.25, 0.3) is 0 Å². The van der Waals surface area contributed by atoms with Gasteiger partial charge in [0.05, 0.1) is 39.0 Å². The summed E-state index contributed by atoms with van der Waals surface area (Å²) in [5.41, 5.74) is 12.4. The first-order chi connectivity index (χ1) is 34.2. The molecule has 0 spiro atoms. The SMILES string of the molecule is NC(=O)CNC(=O)[C@H](CO[C@@H]1O[C@H](CO)[C@@H](O[C@@H]2O[C@H](CO)[C@H](O)[C@H](O)[C@H]2O)[C@H](O)[C@H]1O)NC(=O)[C@@H](CS)NC(=O)[C@H](Cc1ccccc1)NC(=O)CNC(=O)[C@@H](CS)NC(=O)[C@@H](N)Cc1ccc(O)cc1. The van der Waals surface area contributed by atoms with E-state index in [0.717, 1.165) is 0 Å². The number of primary amides is 1. The molecule has 0 radical (unpaired) electrons. The number of rotatable bonds is 26. The van der Waals surface area contributed by atoms with Crippen LogP contribution in [0.1, 0.15) is 11.1 Å². The second-order valence-corrected chi connectivity index (χ2v) is 17.3. The van der Waals surface area contributed by atoms with Gasteiger partial charge in [-0.25, -0.2) is 0 Å². The summed E-state index contributed by atoms with van der Waals surface area (Å²) >= 11 is 8.31. The number of nitrogens with one attached hydrogen (secondary N) is 6. The summed E-state index contributed by atoms with van der Waals surface area (Å²) in [6.45, 7) is -4.02. The maximum Gasteiger partial charge on any atom is 0.245 e. The van der Waals surface area contributed by atoms with Crippen molar-refractivity contribution in [3.63, 3.8) is 0 Å². The second kappa shape index (κ2) is 28.8. The summed E-state index contributed by atoms with van der Waals surface area (Å²) in [5, 5.41) is 96.1. The number of thiol groups is 2. The van der Waals surface area contributed by atoms with Crippen LogP contribution >= 0.6 is 25.3 Å². The number of aliphatic hydroxyl groups is 7. The van der Waals surface area contributed by atoms with E-state index in [0.29, 0.717) is 11.1 Å². The summed E-state index contributed by atoms with van der Waals surface area (Å²) in [4.78, 5) is 91.5. The molecule has 0 saturated carbocycles. The van der Waals surface area contributed by atoms with Crippen molar-refractivity contribution in [1.29, 1.82) is 0 Å². The molecule has 2 fully saturated rings. The maximum absolute atomic E-state index is 13.9. The van der Waals surface area contributed by atoms with Gasteiger partial charge in [-0.2, -0.15) is 25.3 Å². The van der Waals surface area contributed by atoms with Crippen LogP contribution in [-0.2, 0) is 65.4 Å². The van der Waals surface area contributed by atoms with Crippen molar-refractivity contribution in [3.05, 3.63) is 65.7 Å². The van der Waals surface area contributed by atoms with E-state index in [9.17, 15) is 74.4 Å². The van der Waals surface area contributed by atoms with Crippen molar-refractivity contribution in [2.24, 2.45) is 11.5 Å². The number of benzene rings is 2. The van der Waals surface area contributed by atoms with Crippen LogP contribution in [-0.4, -0.2) is 218 Å². The number of ether oxygens (including phenoxy) is 4. The molecule has 7 amide bonds. The van der Waals surface area contributed by atoms with Gasteiger partial charge in [-0.3, -0.25) is 33.6 Å². The van der Waals surface area contributed by atoms with Crippen LogP contribution in [0.3, 0.4) is 0 Å². The number of amides is 7. The van der Waals surface area contributed by atoms with E-state index in [-0.39, 0.29) is 24.3 Å². The third kappa shape index (κ3) is 17.2. The maximum atomic E-state index is 13.9. The van der Waals surface area contributed by atoms with Crippen LogP contribution in [0, 0.1) is 0 Å². The number of phenolic OH excluding ortho intramolecular Hbond substituents is 1. The number of hydrogen-bond acceptors (Lipinski definition) is 22. The lowest BCUT2D eigenvalue weighted by atomic mass is 9.97. The quantitative estimate of drug-likeness (QED) is 0.0389. The van der Waals surface area contributed by atoms with Crippen molar-refractivity contribution < 1.29 is 93.4 Å². The summed E-state index contributed by atoms with van der Waals surface area (Å²) in [7, 11) is 0. The van der Waals surface area contributed by atoms with Crippen LogP contribution in [0.2, 0.25) is 0 Å². The summed E-state index contributed by atoms with van der Waals surface area (Å²) in [6.07, 6.45) is -18.0. The first kappa shape index (κ1) is 59.3. The molecule has 0 bridgehead atoms. The lowest BCUT2D eigenvalue weighted by Crippen LogP contribution is -2.65. The molecule has 72 heavy (non-hydrogen) atoms. The Morgan fingerprint density at radius 1 is 0.597 bits per heavy atom. The minimum atomic E-state index is -2.04. The predicted molar refractivity (Wildman–Crippen MR) is 253 cm³/mol. The Bertz CT molecular complexity index is 2120. The first-order valence-electron chi connectivity index (χ1n) is 22.2. The number of carbonyl (C=O) groups is 7. The minimum absolute atomic E-state index is 0.0222. The topological polar surface area (TPSA) is 442 Å². The van der Waals surface area contributed by atoms with Gasteiger partial charge < -0.3 is 103 Å². The van der Waals surface area contributed by atoms with Gasteiger partial charge in [-0.15, -0.1) is 0 Å². The highest BCUT2D eigenvalue weighted by Crippen LogP contribution is 2.29. The molecular formula is C43H62N8O19S2. The van der Waals surface area contributed by atoms with Gasteiger partial charge in [0.25, 0.3) is 0 Å².